The summed E-state index contributed by atoms with van der Waals surface area (Å²) in [6.07, 6.45) is 1.66. The molecule has 3 heteroatoms. The molecule has 0 amide bonds. The van der Waals surface area contributed by atoms with E-state index in [1.807, 2.05) is 24.3 Å². The Morgan fingerprint density at radius 2 is 1.85 bits per heavy atom. The van der Waals surface area contributed by atoms with Crippen LogP contribution in [0.2, 0.25) is 0 Å². The summed E-state index contributed by atoms with van der Waals surface area (Å²) < 4.78 is 10.5. The van der Waals surface area contributed by atoms with Gasteiger partial charge < -0.3 is 14.6 Å². The van der Waals surface area contributed by atoms with Gasteiger partial charge >= 0.3 is 0 Å². The summed E-state index contributed by atoms with van der Waals surface area (Å²) in [6.45, 7) is 0. The van der Waals surface area contributed by atoms with Crippen molar-refractivity contribution in [1.29, 1.82) is 0 Å². The minimum Gasteiger partial charge on any atom is -0.464 e. The summed E-state index contributed by atoms with van der Waals surface area (Å²) in [5.41, 5.74) is 7.21. The van der Waals surface area contributed by atoms with Gasteiger partial charge in [0.25, 0.3) is 0 Å². The van der Waals surface area contributed by atoms with Crippen LogP contribution in [0.25, 0.3) is 21.9 Å². The van der Waals surface area contributed by atoms with E-state index in [1.54, 1.807) is 6.26 Å². The third-order valence-electron chi connectivity index (χ3n) is 2.15. The van der Waals surface area contributed by atoms with Crippen molar-refractivity contribution < 1.29 is 8.83 Å². The molecule has 3 nitrogen and oxygen atoms in total. The first kappa shape index (κ1) is 6.60. The molecule has 0 spiro atoms. The van der Waals surface area contributed by atoms with E-state index in [4.69, 9.17) is 14.6 Å². The van der Waals surface area contributed by atoms with Crippen LogP contribution in [0, 0.1) is 0 Å². The smallest absolute Gasteiger partial charge is 0.191 e. The molecule has 13 heavy (non-hydrogen) atoms. The zero-order chi connectivity index (χ0) is 8.84. The lowest BCUT2D eigenvalue weighted by molar-refractivity contribution is 0.615. The molecule has 2 aromatic heterocycles. The molecular weight excluding hydrogens is 166 g/mol. The molecule has 0 aliphatic carbocycles. The van der Waals surface area contributed by atoms with E-state index in [-0.39, 0.29) is 0 Å². The Balaban J connectivity index is 2.64. The molecule has 0 fully saturated rings. The first-order valence-corrected chi connectivity index (χ1v) is 4.00. The van der Waals surface area contributed by atoms with Crippen molar-refractivity contribution in [3.63, 3.8) is 0 Å². The van der Waals surface area contributed by atoms with Crippen molar-refractivity contribution in [3.05, 3.63) is 30.5 Å². The van der Waals surface area contributed by atoms with Crippen molar-refractivity contribution in [3.8, 4) is 0 Å². The maximum absolute atomic E-state index is 5.55. The Bertz CT molecular complexity index is 577. The average Bonchev–Trinajstić information content (AvgIpc) is 2.65. The van der Waals surface area contributed by atoms with E-state index in [0.29, 0.717) is 5.88 Å². The summed E-state index contributed by atoms with van der Waals surface area (Å²) in [5.74, 6) is 0.434. The predicted octanol–water partition coefficient (Wildman–Crippen LogP) is 2.76. The summed E-state index contributed by atoms with van der Waals surface area (Å²) in [6, 6.07) is 7.46. The molecular formula is C10H7NO2. The van der Waals surface area contributed by atoms with E-state index >= 15 is 0 Å². The standard InChI is InChI=1S/C10H7NO2/c11-10-5-7-6-3-4-12-8(6)1-2-9(7)13-10/h1-5H,11H2. The van der Waals surface area contributed by atoms with E-state index in [1.165, 1.54) is 0 Å². The van der Waals surface area contributed by atoms with Gasteiger partial charge in [0.2, 0.25) is 0 Å². The molecule has 2 N–H and O–H groups in total. The molecule has 3 rings (SSSR count). The summed E-state index contributed by atoms with van der Waals surface area (Å²) in [5, 5.41) is 2.04. The van der Waals surface area contributed by atoms with Crippen LogP contribution in [-0.2, 0) is 0 Å². The van der Waals surface area contributed by atoms with Gasteiger partial charge in [-0.2, -0.15) is 0 Å². The summed E-state index contributed by atoms with van der Waals surface area (Å²) in [4.78, 5) is 0. The van der Waals surface area contributed by atoms with Gasteiger partial charge in [-0.05, 0) is 18.2 Å². The molecule has 0 bridgehead atoms. The highest BCUT2D eigenvalue weighted by molar-refractivity contribution is 6.04. The second-order valence-corrected chi connectivity index (χ2v) is 2.96. The fraction of sp³-hybridized carbons (Fsp3) is 0. The number of nitrogen functional groups attached to an aromatic ring is 1. The van der Waals surface area contributed by atoms with Crippen LogP contribution < -0.4 is 5.73 Å². The zero-order valence-electron chi connectivity index (χ0n) is 6.78. The van der Waals surface area contributed by atoms with E-state index in [2.05, 4.69) is 0 Å². The number of fused-ring (bicyclic) bond motifs is 3. The molecule has 64 valence electrons. The van der Waals surface area contributed by atoms with Crippen LogP contribution in [0.1, 0.15) is 0 Å². The number of nitrogens with two attached hydrogens (primary N) is 1. The zero-order valence-corrected chi connectivity index (χ0v) is 6.78. The molecule has 2 heterocycles. The molecule has 0 radical (unpaired) electrons. The highest BCUT2D eigenvalue weighted by Crippen LogP contribution is 2.29. The normalized spacial score (nSPS) is 11.4. The Labute approximate surface area is 73.7 Å². The van der Waals surface area contributed by atoms with Crippen LogP contribution in [0.3, 0.4) is 0 Å². The van der Waals surface area contributed by atoms with Gasteiger partial charge in [0, 0.05) is 16.8 Å². The Morgan fingerprint density at radius 1 is 1.00 bits per heavy atom. The van der Waals surface area contributed by atoms with Gasteiger partial charge in [-0.15, -0.1) is 0 Å². The lowest BCUT2D eigenvalue weighted by Crippen LogP contribution is -1.75. The average molecular weight is 173 g/mol. The van der Waals surface area contributed by atoms with Crippen LogP contribution in [0.4, 0.5) is 5.88 Å². The minimum atomic E-state index is 0.434. The summed E-state index contributed by atoms with van der Waals surface area (Å²) in [7, 11) is 0. The quantitative estimate of drug-likeness (QED) is 0.568. The lowest BCUT2D eigenvalue weighted by atomic mass is 10.2. The highest BCUT2D eigenvalue weighted by atomic mass is 16.3. The van der Waals surface area contributed by atoms with Crippen molar-refractivity contribution >= 4 is 27.8 Å². The van der Waals surface area contributed by atoms with Crippen molar-refractivity contribution in [2.24, 2.45) is 0 Å². The number of hydrogen-bond donors (Lipinski definition) is 1. The number of furan rings is 2. The number of anilines is 1. The Morgan fingerprint density at radius 3 is 2.77 bits per heavy atom. The second kappa shape index (κ2) is 2.07. The van der Waals surface area contributed by atoms with Crippen LogP contribution in [-0.4, -0.2) is 0 Å². The molecule has 0 saturated carbocycles. The molecule has 0 unspecified atom stereocenters. The molecule has 3 aromatic rings. The second-order valence-electron chi connectivity index (χ2n) is 2.96. The third-order valence-corrected chi connectivity index (χ3v) is 2.15. The van der Waals surface area contributed by atoms with Gasteiger partial charge in [-0.1, -0.05) is 0 Å². The van der Waals surface area contributed by atoms with E-state index in [0.717, 1.165) is 21.9 Å². The first-order valence-electron chi connectivity index (χ1n) is 4.00. The van der Waals surface area contributed by atoms with Crippen LogP contribution in [0.5, 0.6) is 0 Å². The van der Waals surface area contributed by atoms with Gasteiger partial charge in [-0.25, -0.2) is 0 Å². The Kier molecular flexibility index (Phi) is 1.05. The van der Waals surface area contributed by atoms with Gasteiger partial charge in [0.1, 0.15) is 11.2 Å². The molecule has 0 saturated heterocycles. The molecule has 0 aliphatic rings. The fourth-order valence-electron chi connectivity index (χ4n) is 1.58. The third kappa shape index (κ3) is 0.783. The number of rotatable bonds is 0. The largest absolute Gasteiger partial charge is 0.464 e. The van der Waals surface area contributed by atoms with Gasteiger partial charge in [0.15, 0.2) is 5.88 Å². The molecule has 1 aromatic carbocycles. The topological polar surface area (TPSA) is 52.3 Å². The summed E-state index contributed by atoms with van der Waals surface area (Å²) >= 11 is 0. The maximum atomic E-state index is 5.55. The predicted molar refractivity (Wildman–Crippen MR) is 50.4 cm³/mol. The minimum absolute atomic E-state index is 0.434. The number of hydrogen-bond acceptors (Lipinski definition) is 3. The number of benzene rings is 1. The monoisotopic (exact) mass is 173 g/mol. The van der Waals surface area contributed by atoms with E-state index < -0.39 is 0 Å². The first-order chi connectivity index (χ1) is 6.34. The van der Waals surface area contributed by atoms with E-state index in [9.17, 15) is 0 Å². The molecule has 0 atom stereocenters. The van der Waals surface area contributed by atoms with Gasteiger partial charge in [-0.3, -0.25) is 0 Å². The van der Waals surface area contributed by atoms with Crippen LogP contribution in [0.15, 0.2) is 39.4 Å². The maximum Gasteiger partial charge on any atom is 0.191 e. The van der Waals surface area contributed by atoms with Crippen molar-refractivity contribution in [2.45, 2.75) is 0 Å². The molecule has 0 aliphatic heterocycles. The Hall–Kier alpha value is -1.90. The van der Waals surface area contributed by atoms with Crippen molar-refractivity contribution in [1.82, 2.24) is 0 Å². The lowest BCUT2D eigenvalue weighted by Gasteiger charge is -1.88. The fourth-order valence-corrected chi connectivity index (χ4v) is 1.58. The highest BCUT2D eigenvalue weighted by Gasteiger charge is 2.06. The van der Waals surface area contributed by atoms with Gasteiger partial charge in [0.05, 0.1) is 6.26 Å². The SMILES string of the molecule is Nc1cc2c(ccc3occc32)o1. The van der Waals surface area contributed by atoms with Crippen LogP contribution >= 0.6 is 0 Å². The van der Waals surface area contributed by atoms with Crippen molar-refractivity contribution in [2.75, 3.05) is 5.73 Å².